The van der Waals surface area contributed by atoms with Crippen LogP contribution in [0.15, 0.2) is 24.3 Å². The maximum Gasteiger partial charge on any atom is 0.322 e. The van der Waals surface area contributed by atoms with E-state index in [4.69, 9.17) is 0 Å². The van der Waals surface area contributed by atoms with Crippen molar-refractivity contribution in [3.8, 4) is 0 Å². The minimum Gasteiger partial charge on any atom is -0.468 e. The van der Waals surface area contributed by atoms with Crippen LogP contribution in [-0.2, 0) is 9.53 Å². The Morgan fingerprint density at radius 2 is 2.05 bits per heavy atom. The highest BCUT2D eigenvalue weighted by molar-refractivity contribution is 5.75. The molecule has 1 aromatic rings. The van der Waals surface area contributed by atoms with E-state index < -0.39 is 23.0 Å². The average Bonchev–Trinajstić information content (AvgIpc) is 2.43. The zero-order valence-electron chi connectivity index (χ0n) is 10.7. The number of aliphatic hydroxyl groups is 1. The first-order valence-electron chi connectivity index (χ1n) is 5.69. The number of rotatable bonds is 6. The number of nitrogens with one attached hydrogen (secondary N) is 1. The molecule has 0 aliphatic rings. The lowest BCUT2D eigenvalue weighted by molar-refractivity contribution is -0.384. The molecule has 0 bridgehead atoms. The lowest BCUT2D eigenvalue weighted by Gasteiger charge is -2.15. The molecule has 2 unspecified atom stereocenters. The van der Waals surface area contributed by atoms with Crippen LogP contribution in [0.4, 0.5) is 5.69 Å². The van der Waals surface area contributed by atoms with Crippen LogP contribution in [0.2, 0.25) is 0 Å². The summed E-state index contributed by atoms with van der Waals surface area (Å²) in [5.74, 6) is -0.420. The van der Waals surface area contributed by atoms with Gasteiger partial charge in [0.1, 0.15) is 6.04 Å². The van der Waals surface area contributed by atoms with E-state index in [2.05, 4.69) is 10.1 Å². The highest BCUT2D eigenvalue weighted by atomic mass is 16.6. The average molecular weight is 268 g/mol. The lowest BCUT2D eigenvalue weighted by atomic mass is 10.1. The highest BCUT2D eigenvalue weighted by Gasteiger charge is 2.15. The number of hydrogen-bond acceptors (Lipinski definition) is 6. The third kappa shape index (κ3) is 4.31. The van der Waals surface area contributed by atoms with Gasteiger partial charge < -0.3 is 15.2 Å². The molecular formula is C12H16N2O5. The molecule has 0 aliphatic carbocycles. The second-order valence-electron chi connectivity index (χ2n) is 4.02. The number of nitro benzene ring substituents is 1. The number of esters is 1. The summed E-state index contributed by atoms with van der Waals surface area (Å²) in [5, 5.41) is 23.2. The van der Waals surface area contributed by atoms with Crippen LogP contribution < -0.4 is 5.32 Å². The number of carbonyl (C=O) groups excluding carboxylic acids is 1. The van der Waals surface area contributed by atoms with Crippen LogP contribution in [0.5, 0.6) is 0 Å². The van der Waals surface area contributed by atoms with E-state index in [9.17, 15) is 20.0 Å². The minimum absolute atomic E-state index is 0.0353. The van der Waals surface area contributed by atoms with Crippen molar-refractivity contribution in [2.45, 2.75) is 19.1 Å². The number of nitro groups is 1. The molecule has 0 aromatic heterocycles. The standard InChI is InChI=1S/C12H16N2O5/c1-8(12(16)19-2)13-7-11(15)9-3-5-10(6-4-9)14(17)18/h3-6,8,11,13,15H,7H2,1-2H3. The minimum atomic E-state index is -0.854. The van der Waals surface area contributed by atoms with Crippen LogP contribution in [0.25, 0.3) is 0 Å². The number of methoxy groups -OCH3 is 1. The molecule has 19 heavy (non-hydrogen) atoms. The molecule has 2 atom stereocenters. The normalized spacial score (nSPS) is 13.6. The summed E-state index contributed by atoms with van der Waals surface area (Å²) in [6.07, 6.45) is -0.854. The van der Waals surface area contributed by atoms with Crippen LogP contribution >= 0.6 is 0 Å². The SMILES string of the molecule is COC(=O)C(C)NCC(O)c1ccc([N+](=O)[O-])cc1. The topological polar surface area (TPSA) is 102 Å². The fourth-order valence-corrected chi connectivity index (χ4v) is 1.48. The molecule has 0 heterocycles. The molecule has 0 spiro atoms. The van der Waals surface area contributed by atoms with Gasteiger partial charge in [0, 0.05) is 18.7 Å². The number of benzene rings is 1. The van der Waals surface area contributed by atoms with E-state index in [1.54, 1.807) is 6.92 Å². The van der Waals surface area contributed by atoms with Gasteiger partial charge in [-0.15, -0.1) is 0 Å². The zero-order valence-corrected chi connectivity index (χ0v) is 10.7. The predicted octanol–water partition coefficient (Wildman–Crippen LogP) is 0.779. The van der Waals surface area contributed by atoms with E-state index in [0.29, 0.717) is 5.56 Å². The number of nitrogens with zero attached hydrogens (tertiary/aromatic N) is 1. The Morgan fingerprint density at radius 1 is 1.47 bits per heavy atom. The van der Waals surface area contributed by atoms with Gasteiger partial charge in [-0.05, 0) is 24.6 Å². The van der Waals surface area contributed by atoms with E-state index in [-0.39, 0.29) is 12.2 Å². The van der Waals surface area contributed by atoms with Gasteiger partial charge in [-0.3, -0.25) is 14.9 Å². The number of carbonyl (C=O) groups is 1. The highest BCUT2D eigenvalue weighted by Crippen LogP contribution is 2.17. The maximum atomic E-state index is 11.1. The first-order chi connectivity index (χ1) is 8.95. The largest absolute Gasteiger partial charge is 0.468 e. The molecule has 0 fully saturated rings. The quantitative estimate of drug-likeness (QED) is 0.449. The van der Waals surface area contributed by atoms with Gasteiger partial charge in [-0.1, -0.05) is 0 Å². The van der Waals surface area contributed by atoms with Gasteiger partial charge in [0.2, 0.25) is 0 Å². The summed E-state index contributed by atoms with van der Waals surface area (Å²) in [7, 11) is 1.28. The van der Waals surface area contributed by atoms with E-state index >= 15 is 0 Å². The second-order valence-corrected chi connectivity index (χ2v) is 4.02. The third-order valence-electron chi connectivity index (χ3n) is 2.66. The molecule has 0 aliphatic heterocycles. The molecule has 0 saturated carbocycles. The summed E-state index contributed by atoms with van der Waals surface area (Å²) in [5.41, 5.74) is 0.502. The van der Waals surface area contributed by atoms with Crippen LogP contribution in [0, 0.1) is 10.1 Å². The van der Waals surface area contributed by atoms with E-state index in [1.807, 2.05) is 0 Å². The van der Waals surface area contributed by atoms with Crippen molar-refractivity contribution >= 4 is 11.7 Å². The Morgan fingerprint density at radius 3 is 2.53 bits per heavy atom. The van der Waals surface area contributed by atoms with Crippen molar-refractivity contribution in [2.75, 3.05) is 13.7 Å². The Kier molecular flexibility index (Phi) is 5.40. The summed E-state index contributed by atoms with van der Waals surface area (Å²) in [6, 6.07) is 5.07. The second kappa shape index (κ2) is 6.81. The fourth-order valence-electron chi connectivity index (χ4n) is 1.48. The van der Waals surface area contributed by atoms with Gasteiger partial charge in [-0.2, -0.15) is 0 Å². The molecule has 7 nitrogen and oxygen atoms in total. The Labute approximate surface area is 110 Å². The molecule has 0 saturated heterocycles. The Balaban J connectivity index is 2.56. The fraction of sp³-hybridized carbons (Fsp3) is 0.417. The lowest BCUT2D eigenvalue weighted by Crippen LogP contribution is -2.37. The molecule has 0 amide bonds. The Hall–Kier alpha value is -1.99. The molecule has 104 valence electrons. The van der Waals surface area contributed by atoms with E-state index in [0.717, 1.165) is 0 Å². The molecule has 1 aromatic carbocycles. The monoisotopic (exact) mass is 268 g/mol. The van der Waals surface area contributed by atoms with Gasteiger partial charge in [-0.25, -0.2) is 0 Å². The molecule has 7 heteroatoms. The number of hydrogen-bond donors (Lipinski definition) is 2. The summed E-state index contributed by atoms with van der Waals surface area (Å²) >= 11 is 0. The summed E-state index contributed by atoms with van der Waals surface area (Å²) in [6.45, 7) is 1.77. The van der Waals surface area contributed by atoms with Crippen molar-refractivity contribution in [1.29, 1.82) is 0 Å². The summed E-state index contributed by atoms with van der Waals surface area (Å²) < 4.78 is 4.53. The number of non-ortho nitro benzene ring substituents is 1. The first kappa shape index (κ1) is 15.1. The Bertz CT molecular complexity index is 446. The van der Waals surface area contributed by atoms with Gasteiger partial charge in [0.25, 0.3) is 5.69 Å². The molecule has 1 rings (SSSR count). The van der Waals surface area contributed by atoms with Crippen LogP contribution in [-0.4, -0.2) is 35.7 Å². The molecule has 0 radical (unpaired) electrons. The van der Waals surface area contributed by atoms with Crippen molar-refractivity contribution < 1.29 is 19.6 Å². The van der Waals surface area contributed by atoms with Gasteiger partial charge >= 0.3 is 5.97 Å². The van der Waals surface area contributed by atoms with E-state index in [1.165, 1.54) is 31.4 Å². The number of aliphatic hydroxyl groups excluding tert-OH is 1. The molecule has 2 N–H and O–H groups in total. The van der Waals surface area contributed by atoms with Crippen molar-refractivity contribution in [3.05, 3.63) is 39.9 Å². The first-order valence-corrected chi connectivity index (χ1v) is 5.69. The van der Waals surface area contributed by atoms with Gasteiger partial charge in [0.15, 0.2) is 0 Å². The summed E-state index contributed by atoms with van der Waals surface area (Å²) in [4.78, 5) is 21.1. The smallest absolute Gasteiger partial charge is 0.322 e. The maximum absolute atomic E-state index is 11.1. The number of ether oxygens (including phenoxy) is 1. The third-order valence-corrected chi connectivity index (χ3v) is 2.66. The van der Waals surface area contributed by atoms with Crippen molar-refractivity contribution in [1.82, 2.24) is 5.32 Å². The van der Waals surface area contributed by atoms with Crippen LogP contribution in [0.1, 0.15) is 18.6 Å². The van der Waals surface area contributed by atoms with Gasteiger partial charge in [0.05, 0.1) is 18.1 Å². The van der Waals surface area contributed by atoms with Crippen molar-refractivity contribution in [3.63, 3.8) is 0 Å². The van der Waals surface area contributed by atoms with Crippen LogP contribution in [0.3, 0.4) is 0 Å². The van der Waals surface area contributed by atoms with Crippen molar-refractivity contribution in [2.24, 2.45) is 0 Å². The zero-order chi connectivity index (χ0) is 14.4. The predicted molar refractivity (Wildman–Crippen MR) is 67.5 cm³/mol. The molecular weight excluding hydrogens is 252 g/mol.